The zero-order valence-electron chi connectivity index (χ0n) is 26.2. The lowest BCUT2D eigenvalue weighted by Crippen LogP contribution is -2.43. The number of fused-ring (bicyclic) bond motifs is 1. The zero-order valence-corrected chi connectivity index (χ0v) is 27.0. The van der Waals surface area contributed by atoms with Crippen molar-refractivity contribution in [1.82, 2.24) is 30.0 Å². The topological polar surface area (TPSA) is 149 Å². The van der Waals surface area contributed by atoms with Gasteiger partial charge in [-0.15, -0.1) is 0 Å². The summed E-state index contributed by atoms with van der Waals surface area (Å²) in [7, 11) is 4.15. The molecule has 1 aliphatic carbocycles. The Morgan fingerprint density at radius 3 is 2.64 bits per heavy atom. The van der Waals surface area contributed by atoms with E-state index in [2.05, 4.69) is 21.0 Å². The minimum absolute atomic E-state index is 0.00927. The van der Waals surface area contributed by atoms with Gasteiger partial charge in [0, 0.05) is 61.5 Å². The Kier molecular flexibility index (Phi) is 8.68. The lowest BCUT2D eigenvalue weighted by Gasteiger charge is -2.20. The van der Waals surface area contributed by atoms with Gasteiger partial charge in [0.25, 0.3) is 11.5 Å². The molecule has 1 fully saturated rings. The summed E-state index contributed by atoms with van der Waals surface area (Å²) in [5, 5.41) is 13.2. The molecule has 14 heteroatoms. The van der Waals surface area contributed by atoms with Gasteiger partial charge >= 0.3 is 5.69 Å². The van der Waals surface area contributed by atoms with Gasteiger partial charge in [-0.1, -0.05) is 23.7 Å². The van der Waals surface area contributed by atoms with E-state index in [0.29, 0.717) is 46.9 Å². The van der Waals surface area contributed by atoms with Crippen LogP contribution in [0.5, 0.6) is 5.88 Å². The molecule has 244 valence electrons. The number of aryl methyl sites for hydroxylation is 2. The monoisotopic (exact) mass is 661 g/mol. The number of halogens is 2. The molecule has 4 aromatic rings. The number of ether oxygens (including phenoxy) is 1. The fourth-order valence-electron chi connectivity index (χ4n) is 6.28. The van der Waals surface area contributed by atoms with Crippen LogP contribution < -0.4 is 31.9 Å². The van der Waals surface area contributed by atoms with Gasteiger partial charge in [-0.25, -0.2) is 18.9 Å². The first-order chi connectivity index (χ1) is 22.5. The summed E-state index contributed by atoms with van der Waals surface area (Å²) in [5.74, 6) is -0.878. The lowest BCUT2D eigenvalue weighted by molar-refractivity contribution is -0.119. The molecule has 12 nitrogen and oxygen atoms in total. The molecular formula is C33H33ClFN7O5. The van der Waals surface area contributed by atoms with E-state index in [1.165, 1.54) is 20.2 Å². The van der Waals surface area contributed by atoms with Gasteiger partial charge in [-0.05, 0) is 67.1 Å². The van der Waals surface area contributed by atoms with Crippen molar-refractivity contribution in [1.29, 1.82) is 0 Å². The van der Waals surface area contributed by atoms with E-state index in [1.54, 1.807) is 38.3 Å². The number of nitrogens with one attached hydrogen (secondary N) is 3. The van der Waals surface area contributed by atoms with Crippen molar-refractivity contribution in [3.05, 3.63) is 90.5 Å². The number of benzene rings is 2. The quantitative estimate of drug-likeness (QED) is 0.260. The van der Waals surface area contributed by atoms with Crippen LogP contribution in [-0.4, -0.2) is 50.8 Å². The highest BCUT2D eigenvalue weighted by molar-refractivity contribution is 6.36. The molecule has 2 aromatic heterocycles. The maximum atomic E-state index is 15.6. The minimum atomic E-state index is -0.845. The third-order valence-corrected chi connectivity index (χ3v) is 9.20. The van der Waals surface area contributed by atoms with Crippen molar-refractivity contribution in [3.8, 4) is 28.3 Å². The normalized spacial score (nSPS) is 17.0. The van der Waals surface area contributed by atoms with Crippen molar-refractivity contribution in [2.45, 2.75) is 44.7 Å². The van der Waals surface area contributed by atoms with Gasteiger partial charge in [0.1, 0.15) is 5.82 Å². The molecule has 2 aliphatic rings. The first kappa shape index (κ1) is 32.1. The fraction of sp³-hybridized carbons (Fsp3) is 0.333. The number of anilines is 1. The van der Waals surface area contributed by atoms with E-state index in [4.69, 9.17) is 21.3 Å². The molecule has 6 rings (SSSR count). The van der Waals surface area contributed by atoms with Crippen LogP contribution in [0.4, 0.5) is 10.1 Å². The highest BCUT2D eigenvalue weighted by atomic mass is 35.5. The molecule has 1 aliphatic heterocycles. The molecule has 0 unspecified atom stereocenters. The van der Waals surface area contributed by atoms with Crippen LogP contribution in [0.25, 0.3) is 22.4 Å². The molecule has 2 atom stereocenters. The molecule has 3 heterocycles. The number of carbonyl (C=O) groups excluding carboxylic acids is 2. The Bertz CT molecular complexity index is 2060. The van der Waals surface area contributed by atoms with E-state index in [-0.39, 0.29) is 28.6 Å². The van der Waals surface area contributed by atoms with Gasteiger partial charge in [0.15, 0.2) is 0 Å². The third kappa shape index (κ3) is 5.92. The molecule has 0 spiro atoms. The van der Waals surface area contributed by atoms with Crippen molar-refractivity contribution < 1.29 is 18.7 Å². The molecule has 2 aromatic carbocycles. The van der Waals surface area contributed by atoms with Crippen LogP contribution in [0.1, 0.15) is 52.5 Å². The molecule has 1 saturated heterocycles. The second-order valence-corrected chi connectivity index (χ2v) is 12.1. The van der Waals surface area contributed by atoms with Crippen LogP contribution in [0, 0.1) is 12.7 Å². The SMILES string of the molecule is COc1nc(-c2ccc(F)c(-c3cccc(NC(=O)c4nn(C)c(=O)n(C)c4=O)c3C)c2Cl)cc2c1[C@@H](NC[C@@H]1CCC(=O)N1)CC2. The predicted molar refractivity (Wildman–Crippen MR) is 174 cm³/mol. The second kappa shape index (κ2) is 12.7. The van der Waals surface area contributed by atoms with Gasteiger partial charge in [-0.3, -0.25) is 19.0 Å². The Labute approximate surface area is 273 Å². The highest BCUT2D eigenvalue weighted by Gasteiger charge is 2.31. The second-order valence-electron chi connectivity index (χ2n) is 11.7. The number of amides is 2. The Hall–Kier alpha value is -4.88. The number of carbonyl (C=O) groups is 2. The van der Waals surface area contributed by atoms with Crippen molar-refractivity contribution in [2.24, 2.45) is 14.1 Å². The minimum Gasteiger partial charge on any atom is -0.481 e. The fourth-order valence-corrected chi connectivity index (χ4v) is 6.63. The maximum absolute atomic E-state index is 15.6. The molecule has 0 radical (unpaired) electrons. The lowest BCUT2D eigenvalue weighted by atomic mass is 9.95. The number of hydrogen-bond donors (Lipinski definition) is 3. The summed E-state index contributed by atoms with van der Waals surface area (Å²) in [4.78, 5) is 54.1. The molecule has 47 heavy (non-hydrogen) atoms. The number of aromatic nitrogens is 4. The van der Waals surface area contributed by atoms with E-state index < -0.39 is 28.7 Å². The molecule has 0 saturated carbocycles. The summed E-state index contributed by atoms with van der Waals surface area (Å²) in [5.41, 5.74) is 2.38. The largest absolute Gasteiger partial charge is 0.481 e. The molecule has 3 N–H and O–H groups in total. The summed E-state index contributed by atoms with van der Waals surface area (Å²) in [6.45, 7) is 2.34. The molecule has 0 bridgehead atoms. The van der Waals surface area contributed by atoms with E-state index in [0.717, 1.165) is 39.6 Å². The average molecular weight is 662 g/mol. The Balaban J connectivity index is 1.32. The van der Waals surface area contributed by atoms with Gasteiger partial charge in [0.2, 0.25) is 17.5 Å². The summed E-state index contributed by atoms with van der Waals surface area (Å²) >= 11 is 6.95. The van der Waals surface area contributed by atoms with Crippen LogP contribution in [0.2, 0.25) is 5.02 Å². The summed E-state index contributed by atoms with van der Waals surface area (Å²) in [6, 6.07) is 9.87. The molecular weight excluding hydrogens is 629 g/mol. The number of pyridine rings is 1. The smallest absolute Gasteiger partial charge is 0.346 e. The predicted octanol–water partition coefficient (Wildman–Crippen LogP) is 3.43. The van der Waals surface area contributed by atoms with Crippen LogP contribution in [-0.2, 0) is 25.3 Å². The van der Waals surface area contributed by atoms with E-state index in [1.807, 2.05) is 6.07 Å². The number of rotatable bonds is 8. The van der Waals surface area contributed by atoms with Crippen molar-refractivity contribution >= 4 is 29.1 Å². The standard InChI is InChI=1S/C33H33ClFN7O5/c1-16-19(6-5-7-22(16)38-30(44)29-32(45)41(2)33(46)42(3)40-29)27-21(35)11-10-20(28(27)34)24-14-17-8-12-23(26(17)31(39-24)47-4)36-15-18-9-13-25(43)37-18/h5-7,10-11,14,18,23,36H,8-9,12-13,15H2,1-4H3,(H,37,43)(H,38,44)/t18-,23-/m0/s1. The number of nitrogens with zero attached hydrogens (tertiary/aromatic N) is 4. The summed E-state index contributed by atoms with van der Waals surface area (Å²) < 4.78 is 23.0. The van der Waals surface area contributed by atoms with Crippen molar-refractivity contribution in [3.63, 3.8) is 0 Å². The first-order valence-electron chi connectivity index (χ1n) is 15.1. The first-order valence-corrected chi connectivity index (χ1v) is 15.5. The third-order valence-electron chi connectivity index (χ3n) is 8.80. The van der Waals surface area contributed by atoms with Gasteiger partial charge in [0.05, 0.1) is 17.8 Å². The van der Waals surface area contributed by atoms with E-state index in [9.17, 15) is 19.2 Å². The number of hydrogen-bond acceptors (Lipinski definition) is 8. The Morgan fingerprint density at radius 1 is 1.13 bits per heavy atom. The zero-order chi connectivity index (χ0) is 33.6. The molecule has 2 amide bonds. The van der Waals surface area contributed by atoms with Crippen molar-refractivity contribution in [2.75, 3.05) is 19.0 Å². The maximum Gasteiger partial charge on any atom is 0.346 e. The average Bonchev–Trinajstić information content (AvgIpc) is 3.67. The Morgan fingerprint density at radius 2 is 1.91 bits per heavy atom. The number of methoxy groups -OCH3 is 1. The highest BCUT2D eigenvalue weighted by Crippen LogP contribution is 2.44. The van der Waals surface area contributed by atoms with Gasteiger partial charge in [-0.2, -0.15) is 5.10 Å². The van der Waals surface area contributed by atoms with Crippen LogP contribution >= 0.6 is 11.6 Å². The van der Waals surface area contributed by atoms with E-state index >= 15 is 4.39 Å². The van der Waals surface area contributed by atoms with Gasteiger partial charge < -0.3 is 20.7 Å². The van der Waals surface area contributed by atoms with Crippen LogP contribution in [0.15, 0.2) is 46.0 Å². The van der Waals surface area contributed by atoms with Crippen LogP contribution in [0.3, 0.4) is 0 Å². The summed E-state index contributed by atoms with van der Waals surface area (Å²) in [6.07, 6.45) is 2.94.